The molecule has 0 spiro atoms. The number of halogens is 1. The van der Waals surface area contributed by atoms with Crippen molar-refractivity contribution >= 4 is 46.6 Å². The molecule has 2 amide bonds. The normalized spacial score (nSPS) is 11.6. The Kier molecular flexibility index (Phi) is 10.0. The summed E-state index contributed by atoms with van der Waals surface area (Å²) in [6, 6.07) is 23.6. The molecule has 212 valence electrons. The standard InChI is InChI=1S/C32H34ClN5O2S/c1-21-6-8-24(9-7-21)19-38(29(39)20-41-32-34-22(2)18-23(3)35-32)30(25-10-12-26(33)13-11-25)31(40)36-27-14-16-28(17-15-27)37(4)5/h6-18,30H,19-20H2,1-5H3,(H,36,40)/t30-/m1/s1. The number of hydrogen-bond donors (Lipinski definition) is 1. The summed E-state index contributed by atoms with van der Waals surface area (Å²) >= 11 is 7.46. The number of benzene rings is 3. The molecule has 41 heavy (non-hydrogen) atoms. The zero-order valence-electron chi connectivity index (χ0n) is 23.9. The fourth-order valence-electron chi connectivity index (χ4n) is 4.35. The van der Waals surface area contributed by atoms with Crippen LogP contribution in [0.15, 0.2) is 84.0 Å². The second-order valence-electron chi connectivity index (χ2n) is 10.1. The zero-order valence-corrected chi connectivity index (χ0v) is 25.5. The van der Waals surface area contributed by atoms with Crippen LogP contribution in [0.25, 0.3) is 0 Å². The highest BCUT2D eigenvalue weighted by Gasteiger charge is 2.32. The Bertz CT molecular complexity index is 1470. The highest BCUT2D eigenvalue weighted by Crippen LogP contribution is 2.29. The van der Waals surface area contributed by atoms with Gasteiger partial charge in [0.25, 0.3) is 5.91 Å². The van der Waals surface area contributed by atoms with Crippen molar-refractivity contribution < 1.29 is 9.59 Å². The number of hydrogen-bond acceptors (Lipinski definition) is 6. The van der Waals surface area contributed by atoms with Gasteiger partial charge in [0.05, 0.1) is 5.75 Å². The van der Waals surface area contributed by atoms with Gasteiger partial charge in [0.1, 0.15) is 6.04 Å². The van der Waals surface area contributed by atoms with E-state index in [0.29, 0.717) is 21.4 Å². The largest absolute Gasteiger partial charge is 0.378 e. The molecule has 1 atom stereocenters. The van der Waals surface area contributed by atoms with Gasteiger partial charge in [-0.3, -0.25) is 9.59 Å². The van der Waals surface area contributed by atoms with E-state index in [1.807, 2.05) is 94.4 Å². The van der Waals surface area contributed by atoms with Crippen molar-refractivity contribution in [2.45, 2.75) is 38.5 Å². The molecule has 1 heterocycles. The third kappa shape index (κ3) is 8.31. The summed E-state index contributed by atoms with van der Waals surface area (Å²) in [4.78, 5) is 40.5. The van der Waals surface area contributed by atoms with E-state index in [1.165, 1.54) is 11.8 Å². The fourth-order valence-corrected chi connectivity index (χ4v) is 5.31. The number of anilines is 2. The fraction of sp³-hybridized carbons (Fsp3) is 0.250. The molecular weight excluding hydrogens is 554 g/mol. The first kappa shape index (κ1) is 30.1. The number of carbonyl (C=O) groups excluding carboxylic acids is 2. The number of nitrogens with zero attached hydrogens (tertiary/aromatic N) is 4. The van der Waals surface area contributed by atoms with Gasteiger partial charge in [0, 0.05) is 48.4 Å². The maximum absolute atomic E-state index is 14.0. The van der Waals surface area contributed by atoms with Crippen LogP contribution >= 0.6 is 23.4 Å². The summed E-state index contributed by atoms with van der Waals surface area (Å²) in [5.74, 6) is -0.460. The Morgan fingerprint density at radius 3 is 2.07 bits per heavy atom. The summed E-state index contributed by atoms with van der Waals surface area (Å²) in [6.07, 6.45) is 0. The van der Waals surface area contributed by atoms with Crippen LogP contribution < -0.4 is 10.2 Å². The Hall–Kier alpha value is -3.88. The van der Waals surface area contributed by atoms with Gasteiger partial charge in [-0.15, -0.1) is 0 Å². The van der Waals surface area contributed by atoms with Gasteiger partial charge in [-0.25, -0.2) is 9.97 Å². The quantitative estimate of drug-likeness (QED) is 0.166. The molecular formula is C32H34ClN5O2S. The average Bonchev–Trinajstić information content (AvgIpc) is 2.93. The Balaban J connectivity index is 1.69. The van der Waals surface area contributed by atoms with Crippen LogP contribution in [0.4, 0.5) is 11.4 Å². The first-order valence-corrected chi connectivity index (χ1v) is 14.6. The topological polar surface area (TPSA) is 78.4 Å². The Morgan fingerprint density at radius 1 is 0.878 bits per heavy atom. The van der Waals surface area contributed by atoms with E-state index in [-0.39, 0.29) is 24.1 Å². The molecule has 0 saturated carbocycles. The molecule has 0 aliphatic heterocycles. The molecule has 1 N–H and O–H groups in total. The molecule has 0 radical (unpaired) electrons. The lowest BCUT2D eigenvalue weighted by molar-refractivity contribution is -0.137. The third-order valence-electron chi connectivity index (χ3n) is 6.48. The number of aromatic nitrogens is 2. The van der Waals surface area contributed by atoms with Gasteiger partial charge in [0.2, 0.25) is 5.91 Å². The lowest BCUT2D eigenvalue weighted by Crippen LogP contribution is -2.41. The van der Waals surface area contributed by atoms with Gasteiger partial charge in [-0.2, -0.15) is 0 Å². The lowest BCUT2D eigenvalue weighted by Gasteiger charge is -2.31. The predicted octanol–water partition coefficient (Wildman–Crippen LogP) is 6.62. The van der Waals surface area contributed by atoms with E-state index in [1.54, 1.807) is 29.2 Å². The molecule has 0 fully saturated rings. The van der Waals surface area contributed by atoms with Crippen LogP contribution in [-0.2, 0) is 16.1 Å². The van der Waals surface area contributed by atoms with E-state index in [0.717, 1.165) is 28.2 Å². The van der Waals surface area contributed by atoms with Crippen molar-refractivity contribution in [2.24, 2.45) is 0 Å². The van der Waals surface area contributed by atoms with Crippen molar-refractivity contribution in [1.29, 1.82) is 0 Å². The summed E-state index contributed by atoms with van der Waals surface area (Å²) in [6.45, 7) is 6.05. The maximum atomic E-state index is 14.0. The Labute approximate surface area is 251 Å². The minimum atomic E-state index is -0.907. The third-order valence-corrected chi connectivity index (χ3v) is 7.56. The second-order valence-corrected chi connectivity index (χ2v) is 11.5. The second kappa shape index (κ2) is 13.7. The molecule has 4 aromatic rings. The van der Waals surface area contributed by atoms with Crippen molar-refractivity contribution in [3.8, 4) is 0 Å². The molecule has 0 aliphatic carbocycles. The van der Waals surface area contributed by atoms with Gasteiger partial charge in [-0.05, 0) is 74.4 Å². The van der Waals surface area contributed by atoms with Gasteiger partial charge >= 0.3 is 0 Å². The molecule has 3 aromatic carbocycles. The van der Waals surface area contributed by atoms with E-state index >= 15 is 0 Å². The number of nitrogens with one attached hydrogen (secondary N) is 1. The summed E-state index contributed by atoms with van der Waals surface area (Å²) in [5, 5.41) is 4.10. The van der Waals surface area contributed by atoms with Gasteiger partial charge in [0.15, 0.2) is 5.16 Å². The number of rotatable bonds is 10. The minimum Gasteiger partial charge on any atom is -0.378 e. The zero-order chi connectivity index (χ0) is 29.5. The molecule has 0 bridgehead atoms. The smallest absolute Gasteiger partial charge is 0.251 e. The average molecular weight is 588 g/mol. The van der Waals surface area contributed by atoms with Gasteiger partial charge in [-0.1, -0.05) is 65.3 Å². The number of aryl methyl sites for hydroxylation is 3. The molecule has 0 saturated heterocycles. The van der Waals surface area contributed by atoms with Crippen molar-refractivity contribution in [3.05, 3.63) is 112 Å². The van der Waals surface area contributed by atoms with Crippen LogP contribution in [0, 0.1) is 20.8 Å². The van der Waals surface area contributed by atoms with Gasteiger partial charge < -0.3 is 15.1 Å². The monoisotopic (exact) mass is 587 g/mol. The van der Waals surface area contributed by atoms with Crippen LogP contribution in [-0.4, -0.2) is 46.5 Å². The Morgan fingerprint density at radius 2 is 1.49 bits per heavy atom. The summed E-state index contributed by atoms with van der Waals surface area (Å²) in [5.41, 5.74) is 6.01. The number of thioether (sulfide) groups is 1. The molecule has 0 unspecified atom stereocenters. The minimum absolute atomic E-state index is 0.0731. The molecule has 1 aromatic heterocycles. The lowest BCUT2D eigenvalue weighted by atomic mass is 10.0. The van der Waals surface area contributed by atoms with Crippen molar-refractivity contribution in [2.75, 3.05) is 30.1 Å². The molecule has 7 nitrogen and oxygen atoms in total. The maximum Gasteiger partial charge on any atom is 0.251 e. The summed E-state index contributed by atoms with van der Waals surface area (Å²) < 4.78 is 0. The van der Waals surface area contributed by atoms with E-state index < -0.39 is 6.04 Å². The van der Waals surface area contributed by atoms with Crippen LogP contribution in [0.1, 0.15) is 34.1 Å². The number of carbonyl (C=O) groups is 2. The van der Waals surface area contributed by atoms with Crippen molar-refractivity contribution in [3.63, 3.8) is 0 Å². The molecule has 4 rings (SSSR count). The summed E-state index contributed by atoms with van der Waals surface area (Å²) in [7, 11) is 3.92. The highest BCUT2D eigenvalue weighted by molar-refractivity contribution is 7.99. The first-order chi connectivity index (χ1) is 19.6. The predicted molar refractivity (Wildman–Crippen MR) is 168 cm³/mol. The SMILES string of the molecule is Cc1ccc(CN(C(=O)CSc2nc(C)cc(C)n2)[C@@H](C(=O)Nc2ccc(N(C)C)cc2)c2ccc(Cl)cc2)cc1. The van der Waals surface area contributed by atoms with E-state index in [9.17, 15) is 9.59 Å². The van der Waals surface area contributed by atoms with Crippen LogP contribution in [0.5, 0.6) is 0 Å². The highest BCUT2D eigenvalue weighted by atomic mass is 35.5. The molecule has 9 heteroatoms. The number of amides is 2. The van der Waals surface area contributed by atoms with Crippen LogP contribution in [0.2, 0.25) is 5.02 Å². The molecule has 0 aliphatic rings. The van der Waals surface area contributed by atoms with E-state index in [4.69, 9.17) is 11.6 Å². The first-order valence-electron chi connectivity index (χ1n) is 13.2. The van der Waals surface area contributed by atoms with Crippen LogP contribution in [0.3, 0.4) is 0 Å². The van der Waals surface area contributed by atoms with Crippen molar-refractivity contribution in [1.82, 2.24) is 14.9 Å². The van der Waals surface area contributed by atoms with E-state index in [2.05, 4.69) is 15.3 Å².